The molecule has 0 saturated carbocycles. The Morgan fingerprint density at radius 2 is 1.19 bits per heavy atom. The van der Waals surface area contributed by atoms with Gasteiger partial charge in [0.15, 0.2) is 0 Å². The van der Waals surface area contributed by atoms with Crippen molar-refractivity contribution in [2.75, 3.05) is 23.7 Å². The van der Waals surface area contributed by atoms with Crippen LogP contribution in [0, 0.1) is 5.41 Å². The Labute approximate surface area is 190 Å². The molecule has 7 nitrogen and oxygen atoms in total. The highest BCUT2D eigenvalue weighted by Gasteiger charge is 2.21. The summed E-state index contributed by atoms with van der Waals surface area (Å²) in [6.45, 7) is 12.5. The summed E-state index contributed by atoms with van der Waals surface area (Å²) >= 11 is 0. The van der Waals surface area contributed by atoms with Crippen molar-refractivity contribution in [1.29, 1.82) is 0 Å². The molecule has 0 aliphatic carbocycles. The van der Waals surface area contributed by atoms with Gasteiger partial charge in [-0.1, -0.05) is 53.7 Å². The van der Waals surface area contributed by atoms with Gasteiger partial charge in [-0.05, 0) is 47.4 Å². The zero-order valence-electron chi connectivity index (χ0n) is 19.8. The molecule has 0 bridgehead atoms. The second kappa shape index (κ2) is 10.3. The Hall–Kier alpha value is -3.35. The lowest BCUT2D eigenvalue weighted by molar-refractivity contribution is -0.123. The van der Waals surface area contributed by atoms with Crippen LogP contribution in [0.5, 0.6) is 0 Å². The SMILES string of the molecule is CC(C)(C)C(=O)Nc1ccc(C(=O)NCCNC(=O)Nc2ccc(C(C)(C)C)cc2)cc1. The number of rotatable bonds is 6. The van der Waals surface area contributed by atoms with Gasteiger partial charge in [0.25, 0.3) is 5.91 Å². The zero-order chi connectivity index (χ0) is 23.9. The van der Waals surface area contributed by atoms with Crippen molar-refractivity contribution < 1.29 is 14.4 Å². The van der Waals surface area contributed by atoms with Crippen LogP contribution in [0.15, 0.2) is 48.5 Å². The Morgan fingerprint density at radius 3 is 1.72 bits per heavy atom. The van der Waals surface area contributed by atoms with Gasteiger partial charge >= 0.3 is 6.03 Å². The molecule has 0 aliphatic rings. The van der Waals surface area contributed by atoms with E-state index in [-0.39, 0.29) is 36.3 Å². The van der Waals surface area contributed by atoms with Gasteiger partial charge in [-0.3, -0.25) is 9.59 Å². The number of carbonyl (C=O) groups excluding carboxylic acids is 3. The minimum Gasteiger partial charge on any atom is -0.350 e. The third-order valence-corrected chi connectivity index (χ3v) is 4.79. The first kappa shape index (κ1) is 24.9. The van der Waals surface area contributed by atoms with Crippen LogP contribution in [0.3, 0.4) is 0 Å². The third-order valence-electron chi connectivity index (χ3n) is 4.79. The number of amides is 4. The van der Waals surface area contributed by atoms with Crippen molar-refractivity contribution in [3.05, 3.63) is 59.7 Å². The number of carbonyl (C=O) groups is 3. The van der Waals surface area contributed by atoms with E-state index in [4.69, 9.17) is 0 Å². The van der Waals surface area contributed by atoms with E-state index in [1.54, 1.807) is 24.3 Å². The first-order chi connectivity index (χ1) is 14.9. The lowest BCUT2D eigenvalue weighted by atomic mass is 9.87. The van der Waals surface area contributed by atoms with Crippen LogP contribution in [0.25, 0.3) is 0 Å². The van der Waals surface area contributed by atoms with Gasteiger partial charge in [0.1, 0.15) is 0 Å². The standard InChI is InChI=1S/C25H34N4O3/c1-24(2,3)18-9-13-20(14-10-18)29-23(32)27-16-15-26-21(30)17-7-11-19(12-8-17)28-22(31)25(4,5)6/h7-14H,15-16H2,1-6H3,(H,26,30)(H,28,31)(H2,27,29,32). The van der Waals surface area contributed by atoms with E-state index in [0.29, 0.717) is 16.9 Å². The van der Waals surface area contributed by atoms with Crippen molar-refractivity contribution in [3.8, 4) is 0 Å². The molecule has 0 spiro atoms. The molecule has 0 radical (unpaired) electrons. The molecular formula is C25H34N4O3. The summed E-state index contributed by atoms with van der Waals surface area (Å²) < 4.78 is 0. The molecule has 172 valence electrons. The number of hydrogen-bond acceptors (Lipinski definition) is 3. The van der Waals surface area contributed by atoms with Gasteiger partial charge < -0.3 is 21.3 Å². The highest BCUT2D eigenvalue weighted by molar-refractivity contribution is 5.97. The van der Waals surface area contributed by atoms with E-state index in [1.165, 1.54) is 5.56 Å². The maximum atomic E-state index is 12.3. The van der Waals surface area contributed by atoms with E-state index in [1.807, 2.05) is 45.0 Å². The molecular weight excluding hydrogens is 404 g/mol. The molecule has 0 saturated heterocycles. The monoisotopic (exact) mass is 438 g/mol. The van der Waals surface area contributed by atoms with E-state index in [2.05, 4.69) is 42.0 Å². The summed E-state index contributed by atoms with van der Waals surface area (Å²) in [5.41, 5.74) is 2.57. The molecule has 4 amide bonds. The maximum Gasteiger partial charge on any atom is 0.319 e. The molecule has 0 aromatic heterocycles. The minimum atomic E-state index is -0.495. The Morgan fingerprint density at radius 1 is 0.688 bits per heavy atom. The third kappa shape index (κ3) is 7.72. The molecule has 0 heterocycles. The van der Waals surface area contributed by atoms with Gasteiger partial charge in [0.05, 0.1) is 0 Å². The van der Waals surface area contributed by atoms with Crippen LogP contribution < -0.4 is 21.3 Å². The van der Waals surface area contributed by atoms with Gasteiger partial charge in [0.2, 0.25) is 5.91 Å². The predicted molar refractivity (Wildman–Crippen MR) is 129 cm³/mol. The molecule has 4 N–H and O–H groups in total. The fraction of sp³-hybridized carbons (Fsp3) is 0.400. The fourth-order valence-corrected chi connectivity index (χ4v) is 2.71. The molecule has 2 rings (SSSR count). The summed E-state index contributed by atoms with van der Waals surface area (Å²) in [6.07, 6.45) is 0. The molecule has 32 heavy (non-hydrogen) atoms. The molecule has 0 fully saturated rings. The van der Waals surface area contributed by atoms with Crippen molar-refractivity contribution in [1.82, 2.24) is 10.6 Å². The molecule has 7 heteroatoms. The quantitative estimate of drug-likeness (QED) is 0.499. The topological polar surface area (TPSA) is 99.3 Å². The average molecular weight is 439 g/mol. The molecule has 0 unspecified atom stereocenters. The largest absolute Gasteiger partial charge is 0.350 e. The van der Waals surface area contributed by atoms with Crippen LogP contribution in [0.2, 0.25) is 0 Å². The minimum absolute atomic E-state index is 0.0552. The maximum absolute atomic E-state index is 12.3. The first-order valence-electron chi connectivity index (χ1n) is 10.7. The average Bonchev–Trinajstić information content (AvgIpc) is 2.70. The number of nitrogens with one attached hydrogen (secondary N) is 4. The summed E-state index contributed by atoms with van der Waals surface area (Å²) in [5.74, 6) is -0.345. The molecule has 0 aliphatic heterocycles. The lowest BCUT2D eigenvalue weighted by Crippen LogP contribution is -2.36. The van der Waals surface area contributed by atoms with Gasteiger partial charge in [-0.15, -0.1) is 0 Å². The molecule has 2 aromatic rings. The summed E-state index contributed by atoms with van der Waals surface area (Å²) in [4.78, 5) is 36.3. The fourth-order valence-electron chi connectivity index (χ4n) is 2.71. The summed E-state index contributed by atoms with van der Waals surface area (Å²) in [5, 5.41) is 11.1. The number of benzene rings is 2. The predicted octanol–water partition coefficient (Wildman–Crippen LogP) is 4.52. The normalized spacial score (nSPS) is 11.4. The van der Waals surface area contributed by atoms with E-state index >= 15 is 0 Å². The second-order valence-corrected chi connectivity index (χ2v) is 9.75. The highest BCUT2D eigenvalue weighted by atomic mass is 16.2. The lowest BCUT2D eigenvalue weighted by Gasteiger charge is -2.19. The van der Waals surface area contributed by atoms with Crippen molar-refractivity contribution in [2.45, 2.75) is 47.0 Å². The number of hydrogen-bond donors (Lipinski definition) is 4. The van der Waals surface area contributed by atoms with Crippen molar-refractivity contribution >= 4 is 29.2 Å². The Balaban J connectivity index is 1.73. The van der Waals surface area contributed by atoms with Crippen LogP contribution in [0.4, 0.5) is 16.2 Å². The number of anilines is 2. The van der Waals surface area contributed by atoms with Crippen molar-refractivity contribution in [3.63, 3.8) is 0 Å². The first-order valence-corrected chi connectivity index (χ1v) is 10.7. The summed E-state index contributed by atoms with van der Waals surface area (Å²) in [7, 11) is 0. The van der Waals surface area contributed by atoms with Gasteiger partial charge in [-0.25, -0.2) is 4.79 Å². The van der Waals surface area contributed by atoms with Crippen LogP contribution >= 0.6 is 0 Å². The zero-order valence-corrected chi connectivity index (χ0v) is 19.8. The Kier molecular flexibility index (Phi) is 8.02. The van der Waals surface area contributed by atoms with E-state index in [9.17, 15) is 14.4 Å². The summed E-state index contributed by atoms with van der Waals surface area (Å²) in [6, 6.07) is 14.1. The van der Waals surface area contributed by atoms with Crippen LogP contribution in [0.1, 0.15) is 57.5 Å². The van der Waals surface area contributed by atoms with E-state index < -0.39 is 5.41 Å². The second-order valence-electron chi connectivity index (χ2n) is 9.75. The molecule has 0 atom stereocenters. The number of urea groups is 1. The smallest absolute Gasteiger partial charge is 0.319 e. The van der Waals surface area contributed by atoms with Crippen LogP contribution in [-0.4, -0.2) is 30.9 Å². The van der Waals surface area contributed by atoms with Gasteiger partial charge in [-0.2, -0.15) is 0 Å². The highest BCUT2D eigenvalue weighted by Crippen LogP contribution is 2.23. The van der Waals surface area contributed by atoms with E-state index in [0.717, 1.165) is 0 Å². The Bertz CT molecular complexity index is 937. The van der Waals surface area contributed by atoms with Crippen LogP contribution in [-0.2, 0) is 10.2 Å². The van der Waals surface area contributed by atoms with Crippen molar-refractivity contribution in [2.24, 2.45) is 5.41 Å². The van der Waals surface area contributed by atoms with Gasteiger partial charge in [0, 0.05) is 35.4 Å². The molecule has 2 aromatic carbocycles.